The number of nitrogens with one attached hydrogen (secondary N) is 1. The van der Waals surface area contributed by atoms with Gasteiger partial charge in [0.15, 0.2) is 0 Å². The van der Waals surface area contributed by atoms with Crippen molar-refractivity contribution in [2.45, 2.75) is 38.0 Å². The van der Waals surface area contributed by atoms with E-state index in [1.54, 1.807) is 19.5 Å². The number of hydrogen-bond acceptors (Lipinski definition) is 6. The van der Waals surface area contributed by atoms with Crippen molar-refractivity contribution in [1.29, 1.82) is 0 Å². The molecule has 1 N–H and O–H groups in total. The molecule has 1 aliphatic heterocycles. The second-order valence-corrected chi connectivity index (χ2v) is 10.2. The fourth-order valence-corrected chi connectivity index (χ4v) is 5.20. The second-order valence-electron chi connectivity index (χ2n) is 10.2. The molecule has 2 aromatic heterocycles. The quantitative estimate of drug-likeness (QED) is 0.354. The lowest BCUT2D eigenvalue weighted by atomic mass is 9.93. The maximum atomic E-state index is 13.8. The molecule has 38 heavy (non-hydrogen) atoms. The molecule has 8 heteroatoms. The number of methoxy groups -OCH3 is 1. The van der Waals surface area contributed by atoms with Gasteiger partial charge in [-0.1, -0.05) is 60.7 Å². The highest BCUT2D eigenvalue weighted by Gasteiger charge is 2.36. The highest BCUT2D eigenvalue weighted by molar-refractivity contribution is 6.04. The van der Waals surface area contributed by atoms with Crippen LogP contribution in [0.1, 0.15) is 53.6 Å². The first-order chi connectivity index (χ1) is 18.4. The highest BCUT2D eigenvalue weighted by atomic mass is 16.5. The molecular formula is C30H33N5O3. The minimum atomic E-state index is -0.635. The number of fused-ring (bicyclic) bond motifs is 1. The van der Waals surface area contributed by atoms with Gasteiger partial charge in [-0.3, -0.25) is 14.7 Å². The predicted molar refractivity (Wildman–Crippen MR) is 146 cm³/mol. The van der Waals surface area contributed by atoms with E-state index in [0.717, 1.165) is 17.4 Å². The number of piperazine rings is 1. The summed E-state index contributed by atoms with van der Waals surface area (Å²) in [5, 5.41) is 0. The van der Waals surface area contributed by atoms with Crippen LogP contribution in [0.25, 0.3) is 11.0 Å². The summed E-state index contributed by atoms with van der Waals surface area (Å²) >= 11 is 0. The number of amides is 1. The first kappa shape index (κ1) is 25.8. The molecule has 0 saturated carbocycles. The fourth-order valence-electron chi connectivity index (χ4n) is 5.20. The molecule has 196 valence electrons. The molecule has 1 atom stereocenters. The van der Waals surface area contributed by atoms with Gasteiger partial charge in [0.2, 0.25) is 0 Å². The van der Waals surface area contributed by atoms with E-state index in [2.05, 4.69) is 39.1 Å². The van der Waals surface area contributed by atoms with Crippen LogP contribution in [-0.2, 0) is 15.1 Å². The predicted octanol–water partition coefficient (Wildman–Crippen LogP) is 4.34. The van der Waals surface area contributed by atoms with E-state index in [0.29, 0.717) is 48.5 Å². The van der Waals surface area contributed by atoms with Gasteiger partial charge in [0, 0.05) is 45.4 Å². The topological polar surface area (TPSA) is 91.4 Å². The smallest absolute Gasteiger partial charge is 0.257 e. The van der Waals surface area contributed by atoms with Gasteiger partial charge in [0.05, 0.1) is 23.3 Å². The number of H-pyrrole nitrogens is 1. The van der Waals surface area contributed by atoms with Gasteiger partial charge < -0.3 is 19.4 Å². The van der Waals surface area contributed by atoms with Crippen LogP contribution >= 0.6 is 0 Å². The number of rotatable bonds is 8. The summed E-state index contributed by atoms with van der Waals surface area (Å²) < 4.78 is 5.57. The minimum absolute atomic E-state index is 0.0186. The van der Waals surface area contributed by atoms with E-state index in [9.17, 15) is 9.59 Å². The average molecular weight is 512 g/mol. The average Bonchev–Trinajstić information content (AvgIpc) is 3.41. The van der Waals surface area contributed by atoms with Gasteiger partial charge >= 0.3 is 0 Å². The molecule has 1 amide bonds. The van der Waals surface area contributed by atoms with Crippen LogP contribution in [0.5, 0.6) is 0 Å². The number of aromatic amines is 1. The van der Waals surface area contributed by atoms with Crippen molar-refractivity contribution in [3.05, 3.63) is 95.6 Å². The van der Waals surface area contributed by atoms with Crippen molar-refractivity contribution in [2.75, 3.05) is 26.7 Å². The van der Waals surface area contributed by atoms with Crippen molar-refractivity contribution < 1.29 is 14.3 Å². The summed E-state index contributed by atoms with van der Waals surface area (Å²) in [6.07, 6.45) is 4.53. The molecule has 0 aliphatic carbocycles. The Morgan fingerprint density at radius 3 is 2.34 bits per heavy atom. The van der Waals surface area contributed by atoms with Crippen molar-refractivity contribution >= 4 is 23.2 Å². The molecule has 1 unspecified atom stereocenters. The lowest BCUT2D eigenvalue weighted by Gasteiger charge is -2.45. The van der Waals surface area contributed by atoms with E-state index in [-0.39, 0.29) is 18.0 Å². The van der Waals surface area contributed by atoms with Crippen molar-refractivity contribution in [1.82, 2.24) is 24.8 Å². The van der Waals surface area contributed by atoms with Gasteiger partial charge in [0.25, 0.3) is 5.91 Å². The number of benzene rings is 2. The normalized spacial score (nSPS) is 16.7. The molecule has 0 spiro atoms. The summed E-state index contributed by atoms with van der Waals surface area (Å²) in [7, 11) is 1.63. The first-order valence-electron chi connectivity index (χ1n) is 12.9. The number of imidazole rings is 1. The van der Waals surface area contributed by atoms with Crippen LogP contribution in [-0.4, -0.2) is 69.7 Å². The molecule has 1 aliphatic rings. The molecule has 1 saturated heterocycles. The molecule has 3 heterocycles. The molecule has 8 nitrogen and oxygen atoms in total. The Balaban J connectivity index is 1.45. The Labute approximate surface area is 222 Å². The minimum Gasteiger partial charge on any atom is -0.371 e. The Bertz CT molecular complexity index is 1360. The van der Waals surface area contributed by atoms with Crippen LogP contribution in [0.2, 0.25) is 0 Å². The van der Waals surface area contributed by atoms with Crippen LogP contribution in [0.4, 0.5) is 0 Å². The Hall–Kier alpha value is -3.88. The zero-order valence-electron chi connectivity index (χ0n) is 22.0. The third kappa shape index (κ3) is 4.97. The molecule has 5 rings (SSSR count). The summed E-state index contributed by atoms with van der Waals surface area (Å²) in [5.41, 5.74) is 3.39. The van der Waals surface area contributed by atoms with Crippen LogP contribution in [0.3, 0.4) is 0 Å². The second kappa shape index (κ2) is 10.8. The number of carbonyl (C=O) groups excluding carboxylic acids is 2. The molecular weight excluding hydrogens is 478 g/mol. The number of nitrogens with zero attached hydrogens (tertiary/aromatic N) is 4. The van der Waals surface area contributed by atoms with Crippen LogP contribution in [0.15, 0.2) is 73.1 Å². The summed E-state index contributed by atoms with van der Waals surface area (Å²) in [6.45, 7) is 5.43. The SMILES string of the molecule is COC(C)(C)c1nc2c(C(=O)N3CCN(C(c4ccccc4)c4ccccc4)C(CC=O)C3)cncc2[nH]1. The maximum absolute atomic E-state index is 13.8. The van der Waals surface area contributed by atoms with Crippen molar-refractivity contribution in [3.8, 4) is 0 Å². The zero-order chi connectivity index (χ0) is 26.7. The maximum Gasteiger partial charge on any atom is 0.257 e. The highest BCUT2D eigenvalue weighted by Crippen LogP contribution is 2.33. The van der Waals surface area contributed by atoms with E-state index < -0.39 is 5.60 Å². The number of pyridine rings is 1. The van der Waals surface area contributed by atoms with E-state index in [1.807, 2.05) is 55.1 Å². The fraction of sp³-hybridized carbons (Fsp3) is 0.333. The number of ether oxygens (including phenoxy) is 1. The standard InChI is InChI=1S/C30H33N5O3/c1-30(2,38-3)29-32-25-19-31-18-24(26(25)33-29)28(37)34-15-16-35(23(20-34)14-17-36)27(21-10-6-4-7-11-21)22-12-8-5-9-13-22/h4-13,17-19,23,27H,14-16,20H2,1-3H3,(H,32,33). The monoisotopic (exact) mass is 511 g/mol. The molecule has 0 radical (unpaired) electrons. The first-order valence-corrected chi connectivity index (χ1v) is 12.9. The molecule has 4 aromatic rings. The van der Waals surface area contributed by atoms with E-state index in [4.69, 9.17) is 9.72 Å². The molecule has 0 bridgehead atoms. The Morgan fingerprint density at radius 2 is 1.74 bits per heavy atom. The van der Waals surface area contributed by atoms with Gasteiger partial charge in [-0.25, -0.2) is 4.98 Å². The summed E-state index contributed by atoms with van der Waals surface area (Å²) in [6, 6.07) is 20.5. The third-order valence-electron chi connectivity index (χ3n) is 7.45. The number of hydrogen-bond donors (Lipinski definition) is 1. The van der Waals surface area contributed by atoms with Gasteiger partial charge in [-0.05, 0) is 25.0 Å². The van der Waals surface area contributed by atoms with Gasteiger partial charge in [0.1, 0.15) is 23.2 Å². The van der Waals surface area contributed by atoms with Gasteiger partial charge in [-0.15, -0.1) is 0 Å². The molecule has 1 fully saturated rings. The Kier molecular flexibility index (Phi) is 7.35. The molecule has 2 aromatic carbocycles. The summed E-state index contributed by atoms with van der Waals surface area (Å²) in [5.74, 6) is 0.497. The van der Waals surface area contributed by atoms with Crippen molar-refractivity contribution in [2.24, 2.45) is 0 Å². The zero-order valence-corrected chi connectivity index (χ0v) is 22.0. The number of aldehydes is 1. The lowest BCUT2D eigenvalue weighted by molar-refractivity contribution is -0.109. The van der Waals surface area contributed by atoms with Crippen LogP contribution < -0.4 is 0 Å². The number of carbonyl (C=O) groups is 2. The van der Waals surface area contributed by atoms with Gasteiger partial charge in [-0.2, -0.15) is 0 Å². The lowest BCUT2D eigenvalue weighted by Crippen LogP contribution is -2.56. The van der Waals surface area contributed by atoms with E-state index in [1.165, 1.54) is 0 Å². The largest absolute Gasteiger partial charge is 0.371 e. The summed E-state index contributed by atoms with van der Waals surface area (Å²) in [4.78, 5) is 42.0. The Morgan fingerprint density at radius 1 is 1.08 bits per heavy atom. The number of aromatic nitrogens is 3. The third-order valence-corrected chi connectivity index (χ3v) is 7.45. The van der Waals surface area contributed by atoms with Crippen LogP contribution in [0, 0.1) is 0 Å². The van der Waals surface area contributed by atoms with Crippen molar-refractivity contribution in [3.63, 3.8) is 0 Å². The van der Waals surface area contributed by atoms with E-state index >= 15 is 0 Å².